The van der Waals surface area contributed by atoms with Gasteiger partial charge in [0.15, 0.2) is 0 Å². The number of nitrogen functional groups attached to an aromatic ring is 1. The van der Waals surface area contributed by atoms with Crippen molar-refractivity contribution in [1.82, 2.24) is 19.8 Å². The zero-order valence-electron chi connectivity index (χ0n) is 20.3. The molecule has 1 aromatic carbocycles. The Morgan fingerprint density at radius 2 is 2.03 bits per heavy atom. The summed E-state index contributed by atoms with van der Waals surface area (Å²) in [4.78, 5) is 26.0. The summed E-state index contributed by atoms with van der Waals surface area (Å²) >= 11 is 2.51. The second-order valence-electron chi connectivity index (χ2n) is 9.96. The highest BCUT2D eigenvalue weighted by Gasteiger charge is 2.30. The summed E-state index contributed by atoms with van der Waals surface area (Å²) < 4.78 is 0.0512. The SMILES string of the molecule is NNc1ccc2cc1C(I)C1=C(CCN(C(=O)CCN3CCCCC3)C1)c1cc3c(ccnc3[nH]1)N2. The van der Waals surface area contributed by atoms with Gasteiger partial charge >= 0.3 is 0 Å². The highest BCUT2D eigenvalue weighted by Crippen LogP contribution is 2.45. The summed E-state index contributed by atoms with van der Waals surface area (Å²) in [5.41, 5.74) is 11.4. The number of H-pyrrole nitrogens is 1. The molecule has 0 aliphatic carbocycles. The Kier molecular flexibility index (Phi) is 6.61. The second kappa shape index (κ2) is 10.0. The average molecular weight is 598 g/mol. The van der Waals surface area contributed by atoms with Crippen molar-refractivity contribution < 1.29 is 4.79 Å². The molecule has 3 aromatic rings. The molecule has 9 heteroatoms. The lowest BCUT2D eigenvalue weighted by Crippen LogP contribution is -2.40. The standard InChI is InChI=1S/C27H32IN7O/c28-26-19-14-17(4-5-23(19)33-29)31-22-6-9-30-27-20(22)15-24(32-27)18-7-13-35(16-21(18)26)25(36)8-12-34-10-2-1-3-11-34/h4-6,9,14-15,26,31,33H,1-3,7-8,10-13,16,29H2,(H,30,32). The summed E-state index contributed by atoms with van der Waals surface area (Å²) in [7, 11) is 0. The van der Waals surface area contributed by atoms with E-state index in [2.05, 4.69) is 65.2 Å². The molecule has 0 saturated carbocycles. The smallest absolute Gasteiger partial charge is 0.224 e. The number of fused-ring (bicyclic) bond motifs is 4. The van der Waals surface area contributed by atoms with Crippen molar-refractivity contribution in [2.75, 3.05) is 43.5 Å². The van der Waals surface area contributed by atoms with Gasteiger partial charge in [-0.2, -0.15) is 0 Å². The van der Waals surface area contributed by atoms with Gasteiger partial charge in [0.2, 0.25) is 5.91 Å². The van der Waals surface area contributed by atoms with E-state index >= 15 is 0 Å². The molecule has 1 saturated heterocycles. The van der Waals surface area contributed by atoms with Crippen LogP contribution in [0.4, 0.5) is 17.1 Å². The van der Waals surface area contributed by atoms with Gasteiger partial charge in [-0.15, -0.1) is 0 Å². The van der Waals surface area contributed by atoms with Gasteiger partial charge in [-0.3, -0.25) is 10.6 Å². The number of hydrogen-bond acceptors (Lipinski definition) is 6. The summed E-state index contributed by atoms with van der Waals surface area (Å²) in [6.45, 7) is 4.46. The highest BCUT2D eigenvalue weighted by molar-refractivity contribution is 14.1. The number of aromatic nitrogens is 2. The first-order valence-corrected chi connectivity index (χ1v) is 14.1. The van der Waals surface area contributed by atoms with Crippen LogP contribution in [0.2, 0.25) is 0 Å². The van der Waals surface area contributed by atoms with Crippen LogP contribution in [0, 0.1) is 0 Å². The Hall–Kier alpha value is -2.63. The van der Waals surface area contributed by atoms with Crippen molar-refractivity contribution in [1.29, 1.82) is 0 Å². The second-order valence-corrected chi connectivity index (χ2v) is 11.2. The molecule has 8 nitrogen and oxygen atoms in total. The van der Waals surface area contributed by atoms with Gasteiger partial charge in [0.25, 0.3) is 0 Å². The molecule has 188 valence electrons. The first-order chi connectivity index (χ1) is 17.6. The van der Waals surface area contributed by atoms with Gasteiger partial charge < -0.3 is 25.5 Å². The number of hydrazine groups is 1. The van der Waals surface area contributed by atoms with E-state index in [1.165, 1.54) is 30.4 Å². The Morgan fingerprint density at radius 1 is 1.17 bits per heavy atom. The number of hydrogen-bond donors (Lipinski definition) is 4. The number of rotatable bonds is 4. The first-order valence-electron chi connectivity index (χ1n) is 12.8. The highest BCUT2D eigenvalue weighted by atomic mass is 127. The minimum Gasteiger partial charge on any atom is -0.355 e. The fourth-order valence-corrected chi connectivity index (χ4v) is 6.85. The summed E-state index contributed by atoms with van der Waals surface area (Å²) in [6, 6.07) is 10.4. The van der Waals surface area contributed by atoms with Gasteiger partial charge in [0.05, 0.1) is 15.3 Å². The molecule has 4 bridgehead atoms. The predicted molar refractivity (Wildman–Crippen MR) is 153 cm³/mol. The first kappa shape index (κ1) is 23.7. The van der Waals surface area contributed by atoms with Gasteiger partial charge in [0.1, 0.15) is 5.65 Å². The van der Waals surface area contributed by atoms with E-state index < -0.39 is 0 Å². The molecule has 3 aliphatic rings. The van der Waals surface area contributed by atoms with Crippen LogP contribution < -0.4 is 16.6 Å². The number of carbonyl (C=O) groups excluding carboxylic acids is 1. The number of aromatic amines is 1. The third-order valence-electron chi connectivity index (χ3n) is 7.75. The van der Waals surface area contributed by atoms with Crippen molar-refractivity contribution in [2.45, 2.75) is 36.0 Å². The predicted octanol–water partition coefficient (Wildman–Crippen LogP) is 4.94. The Labute approximate surface area is 224 Å². The molecule has 5 N–H and O–H groups in total. The lowest BCUT2D eigenvalue weighted by Gasteiger charge is -2.34. The molecular formula is C27H32IN7O. The summed E-state index contributed by atoms with van der Waals surface area (Å²) in [6.07, 6.45) is 7.03. The van der Waals surface area contributed by atoms with Crippen molar-refractivity contribution in [3.8, 4) is 0 Å². The number of nitrogens with two attached hydrogens (primary N) is 1. The number of carbonyl (C=O) groups is 1. The zero-order chi connectivity index (χ0) is 24.6. The molecule has 5 heterocycles. The van der Waals surface area contributed by atoms with Crippen LogP contribution in [-0.2, 0) is 4.79 Å². The van der Waals surface area contributed by atoms with E-state index in [4.69, 9.17) is 5.84 Å². The van der Waals surface area contributed by atoms with Crippen molar-refractivity contribution in [3.63, 3.8) is 0 Å². The molecule has 1 fully saturated rings. The number of nitrogens with one attached hydrogen (secondary N) is 3. The van der Waals surface area contributed by atoms with Crippen LogP contribution in [0.15, 0.2) is 42.1 Å². The summed E-state index contributed by atoms with van der Waals surface area (Å²) in [5, 5.41) is 4.63. The van der Waals surface area contributed by atoms with E-state index in [0.29, 0.717) is 13.0 Å². The maximum Gasteiger partial charge on any atom is 0.224 e. The van der Waals surface area contributed by atoms with Crippen molar-refractivity contribution in [2.24, 2.45) is 5.84 Å². The van der Waals surface area contributed by atoms with Crippen LogP contribution in [0.3, 0.4) is 0 Å². The molecule has 0 radical (unpaired) electrons. The quantitative estimate of drug-likeness (QED) is 0.147. The van der Waals surface area contributed by atoms with Crippen LogP contribution in [0.1, 0.15) is 47.3 Å². The minimum absolute atomic E-state index is 0.0512. The maximum atomic E-state index is 13.3. The summed E-state index contributed by atoms with van der Waals surface area (Å²) in [5.74, 6) is 6.18. The molecule has 1 amide bonds. The Morgan fingerprint density at radius 3 is 2.86 bits per heavy atom. The largest absolute Gasteiger partial charge is 0.355 e. The number of alkyl halides is 1. The van der Waals surface area contributed by atoms with Crippen LogP contribution in [-0.4, -0.2) is 58.4 Å². The number of pyridine rings is 1. The van der Waals surface area contributed by atoms with Crippen LogP contribution in [0.5, 0.6) is 0 Å². The molecule has 0 spiro atoms. The fourth-order valence-electron chi connectivity index (χ4n) is 5.76. The molecule has 3 aliphatic heterocycles. The number of benzene rings is 1. The molecule has 1 unspecified atom stereocenters. The van der Waals surface area contributed by atoms with Gasteiger partial charge in [-0.05, 0) is 79.4 Å². The molecule has 36 heavy (non-hydrogen) atoms. The van der Waals surface area contributed by atoms with Gasteiger partial charge in [0, 0.05) is 49.0 Å². The number of halogens is 1. The van der Waals surface area contributed by atoms with Gasteiger partial charge in [-0.25, -0.2) is 4.98 Å². The van der Waals surface area contributed by atoms with Crippen molar-refractivity contribution >= 4 is 62.2 Å². The van der Waals surface area contributed by atoms with Gasteiger partial charge in [-0.1, -0.05) is 29.0 Å². The number of anilines is 3. The van der Waals surface area contributed by atoms with E-state index in [-0.39, 0.29) is 9.83 Å². The van der Waals surface area contributed by atoms with Crippen LogP contribution in [0.25, 0.3) is 16.6 Å². The molecule has 1 atom stereocenters. The minimum atomic E-state index is 0.0512. The number of piperidine rings is 1. The average Bonchev–Trinajstić information content (AvgIpc) is 3.36. The Bertz CT molecular complexity index is 1330. The third kappa shape index (κ3) is 4.48. The van der Waals surface area contributed by atoms with E-state index in [1.54, 1.807) is 0 Å². The molecule has 2 aromatic heterocycles. The Balaban J connectivity index is 1.37. The number of likely N-dealkylation sites (tertiary alicyclic amines) is 1. The monoisotopic (exact) mass is 597 g/mol. The number of amides is 1. The van der Waals surface area contributed by atoms with E-state index in [9.17, 15) is 4.79 Å². The van der Waals surface area contributed by atoms with Crippen LogP contribution >= 0.6 is 22.6 Å². The maximum absolute atomic E-state index is 13.3. The van der Waals surface area contributed by atoms with E-state index in [1.807, 2.05) is 24.4 Å². The lowest BCUT2D eigenvalue weighted by atomic mass is 9.91. The zero-order valence-corrected chi connectivity index (χ0v) is 22.5. The fraction of sp³-hybridized carbons (Fsp3) is 0.407. The molecular weight excluding hydrogens is 565 g/mol. The normalized spacial score (nSPS) is 20.2. The van der Waals surface area contributed by atoms with E-state index in [0.717, 1.165) is 72.0 Å². The van der Waals surface area contributed by atoms with Crippen molar-refractivity contribution in [3.05, 3.63) is 53.4 Å². The molecule has 6 rings (SSSR count). The lowest BCUT2D eigenvalue weighted by molar-refractivity contribution is -0.131. The number of nitrogens with zero attached hydrogens (tertiary/aromatic N) is 3. The topological polar surface area (TPSA) is 102 Å². The third-order valence-corrected chi connectivity index (χ3v) is 9.17.